The van der Waals surface area contributed by atoms with Gasteiger partial charge in [-0.25, -0.2) is 4.68 Å². The van der Waals surface area contributed by atoms with E-state index in [-0.39, 0.29) is 0 Å². The molecule has 1 aliphatic heterocycles. The first kappa shape index (κ1) is 20.3. The summed E-state index contributed by atoms with van der Waals surface area (Å²) in [5, 5.41) is 17.0. The predicted octanol–water partition coefficient (Wildman–Crippen LogP) is 4.34. The second-order valence-electron chi connectivity index (χ2n) is 8.32. The Bertz CT molecular complexity index is 1070. The third kappa shape index (κ3) is 4.27. The molecule has 2 fully saturated rings. The molecule has 2 bridgehead atoms. The second-order valence-corrected chi connectivity index (χ2v) is 9.14. The van der Waals surface area contributed by atoms with Crippen LogP contribution >= 0.6 is 23.2 Å². The van der Waals surface area contributed by atoms with Crippen molar-refractivity contribution in [2.45, 2.75) is 25.8 Å². The third-order valence-electron chi connectivity index (χ3n) is 6.05. The molecule has 1 N–H and O–H groups in total. The van der Waals surface area contributed by atoms with Crippen LogP contribution in [-0.4, -0.2) is 44.1 Å². The van der Waals surface area contributed by atoms with Gasteiger partial charge in [0.25, 0.3) is 0 Å². The number of piperidine rings is 1. The highest BCUT2D eigenvalue weighted by Gasteiger charge is 2.42. The van der Waals surface area contributed by atoms with Crippen LogP contribution in [0.25, 0.3) is 0 Å². The molecule has 10 heteroatoms. The largest absolute Gasteiger partial charge is 0.424 e. The summed E-state index contributed by atoms with van der Waals surface area (Å²) in [6.45, 7) is 3.85. The fraction of sp³-hybridized carbons (Fsp3) is 0.429. The molecule has 31 heavy (non-hydrogen) atoms. The van der Waals surface area contributed by atoms with E-state index >= 15 is 0 Å². The summed E-state index contributed by atoms with van der Waals surface area (Å²) in [7, 11) is 1.82. The Morgan fingerprint density at radius 3 is 2.58 bits per heavy atom. The minimum Gasteiger partial charge on any atom is -0.424 e. The first-order valence-electron chi connectivity index (χ1n) is 10.3. The van der Waals surface area contributed by atoms with Crippen molar-refractivity contribution in [1.82, 2.24) is 25.0 Å². The van der Waals surface area contributed by atoms with Gasteiger partial charge in [-0.1, -0.05) is 23.2 Å². The SMILES string of the molecule is Cc1cc(Cl)cc(Oc2nc(NC3[C@@H]4CC[C@H]3CN(c3cnnc(Cl)c3)C4)nn2C)c1. The summed E-state index contributed by atoms with van der Waals surface area (Å²) in [5.74, 6) is 2.22. The van der Waals surface area contributed by atoms with Gasteiger partial charge in [0.05, 0.1) is 11.9 Å². The van der Waals surface area contributed by atoms with E-state index in [1.165, 1.54) is 12.8 Å². The van der Waals surface area contributed by atoms with Gasteiger partial charge in [-0.15, -0.1) is 10.2 Å². The number of aryl methyl sites for hydroxylation is 2. The number of nitrogens with zero attached hydrogens (tertiary/aromatic N) is 6. The minimum absolute atomic E-state index is 0.324. The number of aromatic nitrogens is 5. The summed E-state index contributed by atoms with van der Waals surface area (Å²) in [4.78, 5) is 6.92. The van der Waals surface area contributed by atoms with Crippen molar-refractivity contribution in [2.75, 3.05) is 23.3 Å². The van der Waals surface area contributed by atoms with Crippen molar-refractivity contribution >= 4 is 34.8 Å². The van der Waals surface area contributed by atoms with Gasteiger partial charge in [0.15, 0.2) is 5.15 Å². The van der Waals surface area contributed by atoms with Crippen LogP contribution in [0.15, 0.2) is 30.5 Å². The lowest BCUT2D eigenvalue weighted by molar-refractivity contribution is 0.376. The summed E-state index contributed by atoms with van der Waals surface area (Å²) in [6.07, 6.45) is 4.12. The number of rotatable bonds is 5. The maximum absolute atomic E-state index is 6.14. The zero-order valence-electron chi connectivity index (χ0n) is 17.3. The molecule has 1 unspecified atom stereocenters. The molecule has 1 saturated carbocycles. The van der Waals surface area contributed by atoms with Crippen LogP contribution in [0.3, 0.4) is 0 Å². The fourth-order valence-corrected chi connectivity index (χ4v) is 5.14. The zero-order valence-corrected chi connectivity index (χ0v) is 18.8. The molecule has 1 aliphatic carbocycles. The molecule has 0 amide bonds. The van der Waals surface area contributed by atoms with Crippen LogP contribution in [0.5, 0.6) is 11.8 Å². The molecule has 8 nitrogen and oxygen atoms in total. The Balaban J connectivity index is 1.28. The van der Waals surface area contributed by atoms with Crippen LogP contribution in [0.1, 0.15) is 18.4 Å². The van der Waals surface area contributed by atoms with Crippen LogP contribution in [0.4, 0.5) is 11.6 Å². The smallest absolute Gasteiger partial charge is 0.321 e. The van der Waals surface area contributed by atoms with Crippen molar-refractivity contribution < 1.29 is 4.74 Å². The van der Waals surface area contributed by atoms with Crippen LogP contribution < -0.4 is 15.0 Å². The lowest BCUT2D eigenvalue weighted by Gasteiger charge is -2.39. The van der Waals surface area contributed by atoms with Gasteiger partial charge in [0.1, 0.15) is 5.75 Å². The molecule has 162 valence electrons. The zero-order chi connectivity index (χ0) is 21.5. The highest BCUT2D eigenvalue weighted by molar-refractivity contribution is 6.30. The standard InChI is InChI=1S/C21H23Cl2N7O/c1-12-5-15(22)7-17(6-12)31-21-26-20(28-29(21)2)25-19-13-3-4-14(19)11-30(10-13)16-8-18(23)27-24-9-16/h5-9,13-14,19H,3-4,10-11H2,1-2H3,(H,25,28)/t13-,14+,19?. The van der Waals surface area contributed by atoms with E-state index in [9.17, 15) is 0 Å². The summed E-state index contributed by atoms with van der Waals surface area (Å²) in [6, 6.07) is 8.20. The molecule has 3 aromatic rings. The number of nitrogens with one attached hydrogen (secondary N) is 1. The Hall–Kier alpha value is -2.58. The predicted molar refractivity (Wildman–Crippen MR) is 120 cm³/mol. The molecule has 1 saturated heterocycles. The van der Waals surface area contributed by atoms with Gasteiger partial charge in [-0.3, -0.25) is 0 Å². The number of anilines is 2. The average molecular weight is 460 g/mol. The normalized spacial score (nSPS) is 22.6. The van der Waals surface area contributed by atoms with E-state index in [4.69, 9.17) is 27.9 Å². The first-order valence-corrected chi connectivity index (χ1v) is 11.1. The van der Waals surface area contributed by atoms with E-state index in [0.29, 0.717) is 45.8 Å². The highest BCUT2D eigenvalue weighted by atomic mass is 35.5. The van der Waals surface area contributed by atoms with Crippen molar-refractivity contribution in [2.24, 2.45) is 18.9 Å². The van der Waals surface area contributed by atoms with E-state index in [1.54, 1.807) is 16.9 Å². The molecule has 0 spiro atoms. The van der Waals surface area contributed by atoms with Crippen molar-refractivity contribution in [3.05, 3.63) is 46.2 Å². The van der Waals surface area contributed by atoms with Gasteiger partial charge in [0, 0.05) is 37.3 Å². The van der Waals surface area contributed by atoms with Crippen molar-refractivity contribution in [3.63, 3.8) is 0 Å². The lowest BCUT2D eigenvalue weighted by atomic mass is 9.92. The first-order chi connectivity index (χ1) is 14.9. The second kappa shape index (κ2) is 8.16. The third-order valence-corrected chi connectivity index (χ3v) is 6.46. The summed E-state index contributed by atoms with van der Waals surface area (Å²) in [5.41, 5.74) is 2.05. The van der Waals surface area contributed by atoms with Crippen molar-refractivity contribution in [3.8, 4) is 11.8 Å². The van der Waals surface area contributed by atoms with Gasteiger partial charge < -0.3 is 15.0 Å². The minimum atomic E-state index is 0.324. The molecular weight excluding hydrogens is 437 g/mol. The van der Waals surface area contributed by atoms with Crippen molar-refractivity contribution in [1.29, 1.82) is 0 Å². The molecule has 0 radical (unpaired) electrons. The molecule has 3 atom stereocenters. The quantitative estimate of drug-likeness (QED) is 0.607. The van der Waals surface area contributed by atoms with E-state index in [2.05, 4.69) is 30.5 Å². The van der Waals surface area contributed by atoms with Gasteiger partial charge in [-0.05, 0) is 55.4 Å². The topological polar surface area (TPSA) is 81.0 Å². The summed E-state index contributed by atoms with van der Waals surface area (Å²) >= 11 is 12.2. The van der Waals surface area contributed by atoms with Crippen LogP contribution in [-0.2, 0) is 7.05 Å². The number of ether oxygens (including phenoxy) is 1. The fourth-order valence-electron chi connectivity index (χ4n) is 4.71. The van der Waals surface area contributed by atoms with Crippen LogP contribution in [0, 0.1) is 18.8 Å². The highest BCUT2D eigenvalue weighted by Crippen LogP contribution is 2.40. The Morgan fingerprint density at radius 1 is 1.10 bits per heavy atom. The van der Waals surface area contributed by atoms with Gasteiger partial charge >= 0.3 is 6.01 Å². The molecule has 5 rings (SSSR count). The Kier molecular flexibility index (Phi) is 5.35. The number of fused-ring (bicyclic) bond motifs is 2. The number of hydrogen-bond acceptors (Lipinski definition) is 7. The molecule has 3 heterocycles. The monoisotopic (exact) mass is 459 g/mol. The maximum Gasteiger partial charge on any atom is 0.321 e. The lowest BCUT2D eigenvalue weighted by Crippen LogP contribution is -2.48. The molecule has 2 aromatic heterocycles. The van der Waals surface area contributed by atoms with E-state index in [0.717, 1.165) is 24.3 Å². The Labute approximate surface area is 190 Å². The number of hydrogen-bond donors (Lipinski definition) is 1. The van der Waals surface area contributed by atoms with E-state index in [1.807, 2.05) is 32.2 Å². The van der Waals surface area contributed by atoms with Crippen LogP contribution in [0.2, 0.25) is 10.2 Å². The summed E-state index contributed by atoms with van der Waals surface area (Å²) < 4.78 is 7.57. The number of halogens is 2. The molecular formula is C21H23Cl2N7O. The van der Waals surface area contributed by atoms with Gasteiger partial charge in [0.2, 0.25) is 5.95 Å². The average Bonchev–Trinajstić information content (AvgIpc) is 3.15. The number of benzene rings is 1. The van der Waals surface area contributed by atoms with E-state index < -0.39 is 0 Å². The Morgan fingerprint density at radius 2 is 1.87 bits per heavy atom. The maximum atomic E-state index is 6.14. The van der Waals surface area contributed by atoms with Gasteiger partial charge in [-0.2, -0.15) is 10.1 Å². The molecule has 1 aromatic carbocycles. The molecule has 2 aliphatic rings.